The van der Waals surface area contributed by atoms with Crippen LogP contribution in [0, 0.1) is 11.7 Å². The van der Waals surface area contributed by atoms with Crippen LogP contribution < -0.4 is 10.6 Å². The molecule has 0 saturated carbocycles. The van der Waals surface area contributed by atoms with E-state index in [-0.39, 0.29) is 30.2 Å². The van der Waals surface area contributed by atoms with Crippen LogP contribution >= 0.6 is 12.2 Å². The summed E-state index contributed by atoms with van der Waals surface area (Å²) in [6, 6.07) is 15.8. The quantitative estimate of drug-likeness (QED) is 0.454. The number of halogens is 1. The highest BCUT2D eigenvalue weighted by atomic mass is 32.2. The molecular weight excluding hydrogens is 455 g/mol. The molecule has 0 radical (unpaired) electrons. The van der Waals surface area contributed by atoms with Crippen LogP contribution in [0.3, 0.4) is 0 Å². The highest BCUT2D eigenvalue weighted by Gasteiger charge is 2.52. The molecule has 2 aliphatic rings. The predicted molar refractivity (Wildman–Crippen MR) is 130 cm³/mol. The standard InChI is InChI=1S/C25H31FN4O3S/c1-18(2)22-23(31)30(17-20-6-4-3-5-7-20)25(28-22)12-14-29(15-13-25)34-33-24(32)27-16-19-8-10-21(26)11-9-19/h3-11,18,22,28H,12-17H2,1-2H3,(H,27,32). The summed E-state index contributed by atoms with van der Waals surface area (Å²) in [4.78, 5) is 27.4. The zero-order valence-corrected chi connectivity index (χ0v) is 20.3. The van der Waals surface area contributed by atoms with Crippen molar-refractivity contribution in [1.82, 2.24) is 19.8 Å². The summed E-state index contributed by atoms with van der Waals surface area (Å²) in [6.07, 6.45) is 0.930. The van der Waals surface area contributed by atoms with Crippen molar-refractivity contribution < 1.29 is 18.2 Å². The summed E-state index contributed by atoms with van der Waals surface area (Å²) >= 11 is 1.03. The minimum Gasteiger partial charge on any atom is -0.358 e. The maximum absolute atomic E-state index is 13.3. The number of amides is 2. The average Bonchev–Trinajstić information content (AvgIpc) is 3.10. The molecule has 2 aromatic rings. The van der Waals surface area contributed by atoms with Gasteiger partial charge in [-0.3, -0.25) is 10.1 Å². The van der Waals surface area contributed by atoms with Crippen molar-refractivity contribution in [2.45, 2.75) is 51.5 Å². The van der Waals surface area contributed by atoms with Crippen LogP contribution in [-0.4, -0.2) is 46.0 Å². The molecule has 2 aliphatic heterocycles. The van der Waals surface area contributed by atoms with Gasteiger partial charge in [0.05, 0.1) is 11.7 Å². The highest BCUT2D eigenvalue weighted by Crippen LogP contribution is 2.37. The van der Waals surface area contributed by atoms with Crippen LogP contribution in [0.5, 0.6) is 0 Å². The van der Waals surface area contributed by atoms with Crippen LogP contribution in [-0.2, 0) is 22.1 Å². The van der Waals surface area contributed by atoms with Crippen LogP contribution in [0.25, 0.3) is 0 Å². The lowest BCUT2D eigenvalue weighted by Crippen LogP contribution is -2.58. The van der Waals surface area contributed by atoms with Gasteiger partial charge in [-0.15, -0.1) is 0 Å². The van der Waals surface area contributed by atoms with Gasteiger partial charge in [0.25, 0.3) is 0 Å². The summed E-state index contributed by atoms with van der Waals surface area (Å²) < 4.78 is 20.3. The van der Waals surface area contributed by atoms with Gasteiger partial charge in [0.15, 0.2) is 12.2 Å². The monoisotopic (exact) mass is 486 g/mol. The Morgan fingerprint density at radius 3 is 2.47 bits per heavy atom. The van der Waals surface area contributed by atoms with Crippen molar-refractivity contribution in [1.29, 1.82) is 0 Å². The van der Waals surface area contributed by atoms with Gasteiger partial charge in [0.1, 0.15) is 5.82 Å². The number of hydrogen-bond acceptors (Lipinski definition) is 6. The van der Waals surface area contributed by atoms with E-state index in [2.05, 4.69) is 24.5 Å². The van der Waals surface area contributed by atoms with E-state index >= 15 is 0 Å². The first-order valence-electron chi connectivity index (χ1n) is 11.6. The molecule has 2 amide bonds. The van der Waals surface area contributed by atoms with Gasteiger partial charge >= 0.3 is 6.09 Å². The Morgan fingerprint density at radius 1 is 1.15 bits per heavy atom. The van der Waals surface area contributed by atoms with Crippen molar-refractivity contribution in [2.75, 3.05) is 13.1 Å². The number of benzene rings is 2. The Bertz CT molecular complexity index is 981. The zero-order valence-electron chi connectivity index (χ0n) is 19.5. The fourth-order valence-electron chi connectivity index (χ4n) is 4.49. The van der Waals surface area contributed by atoms with E-state index in [4.69, 9.17) is 4.18 Å². The van der Waals surface area contributed by atoms with Gasteiger partial charge < -0.3 is 14.4 Å². The second-order valence-electron chi connectivity index (χ2n) is 9.16. The Morgan fingerprint density at radius 2 is 1.82 bits per heavy atom. The minimum absolute atomic E-state index is 0.149. The molecule has 1 spiro atoms. The predicted octanol–water partition coefficient (Wildman–Crippen LogP) is 4.06. The lowest BCUT2D eigenvalue weighted by atomic mass is 9.96. The van der Waals surface area contributed by atoms with Gasteiger partial charge in [-0.25, -0.2) is 13.5 Å². The summed E-state index contributed by atoms with van der Waals surface area (Å²) in [6.45, 7) is 6.32. The molecule has 2 aromatic carbocycles. The number of hydrogen-bond donors (Lipinski definition) is 2. The average molecular weight is 487 g/mol. The number of nitrogens with zero attached hydrogens (tertiary/aromatic N) is 2. The van der Waals surface area contributed by atoms with Crippen LogP contribution in [0.2, 0.25) is 0 Å². The third-order valence-electron chi connectivity index (χ3n) is 6.44. The van der Waals surface area contributed by atoms with E-state index < -0.39 is 11.8 Å². The van der Waals surface area contributed by atoms with E-state index in [1.165, 1.54) is 12.1 Å². The number of piperidine rings is 1. The van der Waals surface area contributed by atoms with E-state index in [0.717, 1.165) is 36.2 Å². The maximum Gasteiger partial charge on any atom is 0.420 e. The SMILES string of the molecule is CC(C)C1NC2(CCN(SOC(=O)NCc3ccc(F)cc3)CC2)N(Cc2ccccc2)C1=O. The summed E-state index contributed by atoms with van der Waals surface area (Å²) in [7, 11) is 0. The molecule has 9 heteroatoms. The van der Waals surface area contributed by atoms with Crippen molar-refractivity contribution in [2.24, 2.45) is 5.92 Å². The Hall–Kier alpha value is -2.62. The van der Waals surface area contributed by atoms with Crippen LogP contribution in [0.1, 0.15) is 37.8 Å². The fourth-order valence-corrected chi connectivity index (χ4v) is 5.06. The molecular formula is C25H31FN4O3S. The van der Waals surface area contributed by atoms with E-state index in [0.29, 0.717) is 19.6 Å². The van der Waals surface area contributed by atoms with Gasteiger partial charge in [-0.05, 0) is 42.0 Å². The third-order valence-corrected chi connectivity index (χ3v) is 7.24. The topological polar surface area (TPSA) is 73.9 Å². The largest absolute Gasteiger partial charge is 0.420 e. The number of carbonyl (C=O) groups is 2. The first-order chi connectivity index (χ1) is 16.4. The van der Waals surface area contributed by atoms with Crippen LogP contribution in [0.15, 0.2) is 54.6 Å². The Labute approximate surface area is 204 Å². The van der Waals surface area contributed by atoms with Gasteiger partial charge in [0.2, 0.25) is 5.91 Å². The normalized spacial score (nSPS) is 20.2. The first kappa shape index (κ1) is 24.5. The Kier molecular flexibility index (Phi) is 7.75. The van der Waals surface area contributed by atoms with E-state index in [1.54, 1.807) is 12.1 Å². The lowest BCUT2D eigenvalue weighted by molar-refractivity contribution is -0.134. The van der Waals surface area contributed by atoms with E-state index in [1.807, 2.05) is 39.5 Å². The molecule has 0 aromatic heterocycles. The molecule has 0 bridgehead atoms. The molecule has 0 aliphatic carbocycles. The molecule has 34 heavy (non-hydrogen) atoms. The number of rotatable bonds is 7. The summed E-state index contributed by atoms with van der Waals surface area (Å²) in [5.41, 5.74) is 1.50. The van der Waals surface area contributed by atoms with Crippen molar-refractivity contribution in [3.8, 4) is 0 Å². The lowest BCUT2D eigenvalue weighted by Gasteiger charge is -2.43. The summed E-state index contributed by atoms with van der Waals surface area (Å²) in [5.74, 6) is 0.0346. The van der Waals surface area contributed by atoms with Crippen molar-refractivity contribution >= 4 is 24.2 Å². The molecule has 7 nitrogen and oxygen atoms in total. The smallest absolute Gasteiger partial charge is 0.358 e. The van der Waals surface area contributed by atoms with Crippen molar-refractivity contribution in [3.05, 3.63) is 71.5 Å². The van der Waals surface area contributed by atoms with Gasteiger partial charge in [-0.2, -0.15) is 0 Å². The van der Waals surface area contributed by atoms with Gasteiger partial charge in [0, 0.05) is 26.2 Å². The molecule has 2 N–H and O–H groups in total. The van der Waals surface area contributed by atoms with Crippen molar-refractivity contribution in [3.63, 3.8) is 0 Å². The molecule has 182 valence electrons. The third kappa shape index (κ3) is 5.71. The van der Waals surface area contributed by atoms with Gasteiger partial charge in [-0.1, -0.05) is 56.3 Å². The molecule has 4 rings (SSSR count). The molecule has 2 saturated heterocycles. The summed E-state index contributed by atoms with van der Waals surface area (Å²) in [5, 5.41) is 6.32. The molecule has 2 fully saturated rings. The zero-order chi connectivity index (χ0) is 24.1. The second kappa shape index (κ2) is 10.8. The molecule has 1 atom stereocenters. The second-order valence-corrected chi connectivity index (χ2v) is 9.99. The highest BCUT2D eigenvalue weighted by molar-refractivity contribution is 7.92. The molecule has 2 heterocycles. The molecule has 1 unspecified atom stereocenters. The Balaban J connectivity index is 1.30. The number of nitrogens with one attached hydrogen (secondary N) is 2. The first-order valence-corrected chi connectivity index (χ1v) is 12.3. The maximum atomic E-state index is 13.3. The fraction of sp³-hybridized carbons (Fsp3) is 0.440. The van der Waals surface area contributed by atoms with Crippen LogP contribution in [0.4, 0.5) is 9.18 Å². The minimum atomic E-state index is -0.547. The number of carbonyl (C=O) groups excluding carboxylic acids is 2. The van der Waals surface area contributed by atoms with E-state index in [9.17, 15) is 14.0 Å².